The summed E-state index contributed by atoms with van der Waals surface area (Å²) in [6, 6.07) is 12.0. The van der Waals surface area contributed by atoms with Gasteiger partial charge in [-0.15, -0.1) is 0 Å². The summed E-state index contributed by atoms with van der Waals surface area (Å²) in [5.41, 5.74) is 1.26. The summed E-state index contributed by atoms with van der Waals surface area (Å²) in [6.45, 7) is 0. The van der Waals surface area contributed by atoms with E-state index in [0.29, 0.717) is 16.9 Å². The molecule has 2 rings (SSSR count). The fourth-order valence-corrected chi connectivity index (χ4v) is 1.59. The van der Waals surface area contributed by atoms with Crippen molar-refractivity contribution in [3.8, 4) is 6.07 Å². The Bertz CT molecular complexity index is 660. The predicted octanol–water partition coefficient (Wildman–Crippen LogP) is 3.14. The molecule has 0 amide bonds. The Morgan fingerprint density at radius 3 is 2.47 bits per heavy atom. The molecule has 0 bridgehead atoms. The van der Waals surface area contributed by atoms with Crippen LogP contribution in [0.2, 0.25) is 0 Å². The number of aromatic carboxylic acids is 1. The third kappa shape index (κ3) is 2.87. The molecule has 0 atom stereocenters. The molecule has 0 aliphatic carbocycles. The zero-order valence-corrected chi connectivity index (χ0v) is 9.72. The molecule has 0 saturated carbocycles. The first kappa shape index (κ1) is 12.6. The molecule has 0 aliphatic heterocycles. The van der Waals surface area contributed by atoms with E-state index in [2.05, 4.69) is 5.32 Å². The van der Waals surface area contributed by atoms with Crippen molar-refractivity contribution < 1.29 is 14.3 Å². The smallest absolute Gasteiger partial charge is 0.337 e. The maximum atomic E-state index is 13.0. The Hall–Kier alpha value is -2.87. The van der Waals surface area contributed by atoms with Crippen molar-refractivity contribution in [3.63, 3.8) is 0 Å². The number of carboxylic acid groups (broad SMARTS) is 1. The van der Waals surface area contributed by atoms with Gasteiger partial charge in [0.1, 0.15) is 5.82 Å². The van der Waals surface area contributed by atoms with Crippen LogP contribution < -0.4 is 5.32 Å². The number of anilines is 2. The van der Waals surface area contributed by atoms with Gasteiger partial charge in [0.2, 0.25) is 0 Å². The Balaban J connectivity index is 2.32. The molecular formula is C14H9FN2O2. The number of nitriles is 1. The molecule has 0 fully saturated rings. The molecule has 4 nitrogen and oxygen atoms in total. The third-order valence-corrected chi connectivity index (χ3v) is 2.51. The van der Waals surface area contributed by atoms with E-state index in [1.807, 2.05) is 6.07 Å². The molecule has 0 aromatic heterocycles. The first-order valence-corrected chi connectivity index (χ1v) is 5.40. The number of carbonyl (C=O) groups is 1. The van der Waals surface area contributed by atoms with E-state index in [9.17, 15) is 9.18 Å². The molecule has 94 valence electrons. The van der Waals surface area contributed by atoms with Gasteiger partial charge in [-0.3, -0.25) is 0 Å². The topological polar surface area (TPSA) is 73.1 Å². The van der Waals surface area contributed by atoms with E-state index in [4.69, 9.17) is 10.4 Å². The van der Waals surface area contributed by atoms with Crippen LogP contribution in [0.15, 0.2) is 42.5 Å². The van der Waals surface area contributed by atoms with E-state index < -0.39 is 11.8 Å². The summed E-state index contributed by atoms with van der Waals surface area (Å²) < 4.78 is 13.0. The summed E-state index contributed by atoms with van der Waals surface area (Å²) in [4.78, 5) is 11.0. The monoisotopic (exact) mass is 256 g/mol. The lowest BCUT2D eigenvalue weighted by atomic mass is 10.1. The highest BCUT2D eigenvalue weighted by atomic mass is 19.1. The van der Waals surface area contributed by atoms with E-state index in [1.54, 1.807) is 24.3 Å². The van der Waals surface area contributed by atoms with E-state index in [1.165, 1.54) is 12.1 Å². The Kier molecular flexibility index (Phi) is 3.44. The van der Waals surface area contributed by atoms with Crippen LogP contribution in [0, 0.1) is 17.1 Å². The van der Waals surface area contributed by atoms with Crippen molar-refractivity contribution in [2.45, 2.75) is 0 Å². The molecule has 2 N–H and O–H groups in total. The molecule has 0 aliphatic rings. The van der Waals surface area contributed by atoms with Crippen molar-refractivity contribution in [2.24, 2.45) is 0 Å². The molecule has 19 heavy (non-hydrogen) atoms. The van der Waals surface area contributed by atoms with Crippen LogP contribution in [-0.2, 0) is 0 Å². The normalized spacial score (nSPS) is 9.68. The van der Waals surface area contributed by atoms with Crippen LogP contribution in [-0.4, -0.2) is 11.1 Å². The van der Waals surface area contributed by atoms with Crippen molar-refractivity contribution in [1.82, 2.24) is 0 Å². The van der Waals surface area contributed by atoms with Crippen LogP contribution >= 0.6 is 0 Å². The van der Waals surface area contributed by atoms with Crippen molar-refractivity contribution in [3.05, 3.63) is 59.4 Å². The zero-order valence-electron chi connectivity index (χ0n) is 9.72. The fourth-order valence-electron chi connectivity index (χ4n) is 1.59. The standard InChI is InChI=1S/C14H9FN2O2/c15-10-3-6-13(12(7-10)14(18)19)17-11-4-1-9(8-16)2-5-11/h1-7,17H,(H,18,19). The average molecular weight is 256 g/mol. The molecule has 0 spiro atoms. The molecule has 5 heteroatoms. The maximum Gasteiger partial charge on any atom is 0.337 e. The van der Waals surface area contributed by atoms with Crippen LogP contribution in [0.3, 0.4) is 0 Å². The number of nitrogens with one attached hydrogen (secondary N) is 1. The SMILES string of the molecule is N#Cc1ccc(Nc2ccc(F)cc2C(=O)O)cc1. The number of hydrogen-bond acceptors (Lipinski definition) is 3. The summed E-state index contributed by atoms with van der Waals surface area (Å²) >= 11 is 0. The zero-order chi connectivity index (χ0) is 13.8. The second-order valence-corrected chi connectivity index (χ2v) is 3.81. The number of hydrogen-bond donors (Lipinski definition) is 2. The van der Waals surface area contributed by atoms with Gasteiger partial charge >= 0.3 is 5.97 Å². The number of rotatable bonds is 3. The lowest BCUT2D eigenvalue weighted by Gasteiger charge is -2.09. The molecule has 0 unspecified atom stereocenters. The molecule has 0 radical (unpaired) electrons. The fraction of sp³-hybridized carbons (Fsp3) is 0. The quantitative estimate of drug-likeness (QED) is 0.884. The number of nitrogens with zero attached hydrogens (tertiary/aromatic N) is 1. The number of carboxylic acids is 1. The highest BCUT2D eigenvalue weighted by Crippen LogP contribution is 2.22. The van der Waals surface area contributed by atoms with Crippen molar-refractivity contribution in [1.29, 1.82) is 5.26 Å². The molecular weight excluding hydrogens is 247 g/mol. The van der Waals surface area contributed by atoms with Gasteiger partial charge in [-0.2, -0.15) is 5.26 Å². The van der Waals surface area contributed by atoms with Gasteiger partial charge in [0.25, 0.3) is 0 Å². The van der Waals surface area contributed by atoms with Gasteiger partial charge in [0.05, 0.1) is 22.9 Å². The summed E-state index contributed by atoms with van der Waals surface area (Å²) in [6.07, 6.45) is 0. The van der Waals surface area contributed by atoms with Crippen LogP contribution in [0.1, 0.15) is 15.9 Å². The minimum absolute atomic E-state index is 0.149. The Labute approximate surface area is 108 Å². The minimum Gasteiger partial charge on any atom is -0.478 e. The first-order valence-electron chi connectivity index (χ1n) is 5.40. The molecule has 0 saturated heterocycles. The molecule has 2 aromatic rings. The van der Waals surface area contributed by atoms with E-state index in [-0.39, 0.29) is 5.56 Å². The van der Waals surface area contributed by atoms with Crippen molar-refractivity contribution >= 4 is 17.3 Å². The molecule has 0 heterocycles. The first-order chi connectivity index (χ1) is 9.10. The van der Waals surface area contributed by atoms with E-state index in [0.717, 1.165) is 6.07 Å². The van der Waals surface area contributed by atoms with Gasteiger partial charge in [0.15, 0.2) is 0 Å². The van der Waals surface area contributed by atoms with Crippen molar-refractivity contribution in [2.75, 3.05) is 5.32 Å². The average Bonchev–Trinajstić information content (AvgIpc) is 2.41. The highest BCUT2D eigenvalue weighted by molar-refractivity contribution is 5.95. The second-order valence-electron chi connectivity index (χ2n) is 3.81. The summed E-state index contributed by atoms with van der Waals surface area (Å²) in [5, 5.41) is 20.6. The number of halogens is 1. The summed E-state index contributed by atoms with van der Waals surface area (Å²) in [5.74, 6) is -1.82. The van der Waals surface area contributed by atoms with E-state index >= 15 is 0 Å². The van der Waals surface area contributed by atoms with Gasteiger partial charge < -0.3 is 10.4 Å². The van der Waals surface area contributed by atoms with Crippen LogP contribution in [0.25, 0.3) is 0 Å². The highest BCUT2D eigenvalue weighted by Gasteiger charge is 2.11. The Morgan fingerprint density at radius 2 is 1.89 bits per heavy atom. The largest absolute Gasteiger partial charge is 0.478 e. The van der Waals surface area contributed by atoms with Crippen LogP contribution in [0.4, 0.5) is 15.8 Å². The number of benzene rings is 2. The third-order valence-electron chi connectivity index (χ3n) is 2.51. The maximum absolute atomic E-state index is 13.0. The second kappa shape index (κ2) is 5.19. The predicted molar refractivity (Wildman–Crippen MR) is 67.8 cm³/mol. The lowest BCUT2D eigenvalue weighted by molar-refractivity contribution is 0.0697. The van der Waals surface area contributed by atoms with Gasteiger partial charge in [-0.05, 0) is 42.5 Å². The lowest BCUT2D eigenvalue weighted by Crippen LogP contribution is -2.03. The Morgan fingerprint density at radius 1 is 1.21 bits per heavy atom. The van der Waals surface area contributed by atoms with Gasteiger partial charge in [-0.25, -0.2) is 9.18 Å². The molecule has 2 aromatic carbocycles. The van der Waals surface area contributed by atoms with Crippen LogP contribution in [0.5, 0.6) is 0 Å². The van der Waals surface area contributed by atoms with Gasteiger partial charge in [0, 0.05) is 5.69 Å². The van der Waals surface area contributed by atoms with Gasteiger partial charge in [-0.1, -0.05) is 0 Å². The summed E-state index contributed by atoms with van der Waals surface area (Å²) in [7, 11) is 0. The minimum atomic E-state index is -1.21.